The summed E-state index contributed by atoms with van der Waals surface area (Å²) in [5, 5.41) is 0. The van der Waals surface area contributed by atoms with E-state index >= 15 is 0 Å². The first-order valence-corrected chi connectivity index (χ1v) is 7.86. The summed E-state index contributed by atoms with van der Waals surface area (Å²) in [6.07, 6.45) is 2.63. The minimum atomic E-state index is -4.44. The van der Waals surface area contributed by atoms with Crippen LogP contribution in [0, 0.1) is 5.92 Å². The van der Waals surface area contributed by atoms with Crippen molar-refractivity contribution in [2.24, 2.45) is 5.92 Å². The number of hydrogen-bond donors (Lipinski definition) is 0. The predicted octanol–water partition coefficient (Wildman–Crippen LogP) is 3.45. The summed E-state index contributed by atoms with van der Waals surface area (Å²) in [6.45, 7) is 1.98. The largest absolute Gasteiger partial charge is 0.416 e. The number of carbonyl (C=O) groups excluding carboxylic acids is 1. The number of aromatic nitrogens is 2. The van der Waals surface area contributed by atoms with E-state index in [1.54, 1.807) is 17.4 Å². The molecule has 2 aromatic rings. The van der Waals surface area contributed by atoms with E-state index in [2.05, 4.69) is 4.98 Å². The van der Waals surface area contributed by atoms with E-state index in [4.69, 9.17) is 0 Å². The maximum absolute atomic E-state index is 12.8. The lowest BCUT2D eigenvalue weighted by molar-refractivity contribution is -0.137. The Hall–Kier alpha value is -2.31. The van der Waals surface area contributed by atoms with Gasteiger partial charge in [0, 0.05) is 37.6 Å². The van der Waals surface area contributed by atoms with E-state index in [-0.39, 0.29) is 11.5 Å². The highest BCUT2D eigenvalue weighted by Gasteiger charge is 2.31. The molecule has 0 spiro atoms. The maximum Gasteiger partial charge on any atom is 0.416 e. The van der Waals surface area contributed by atoms with E-state index in [0.717, 1.165) is 31.5 Å². The van der Waals surface area contributed by atoms with Gasteiger partial charge in [0.25, 0.3) is 5.91 Å². The fraction of sp³-hybridized carbons (Fsp3) is 0.412. The lowest BCUT2D eigenvalue weighted by Gasteiger charge is -2.32. The summed E-state index contributed by atoms with van der Waals surface area (Å²) >= 11 is 0. The zero-order chi connectivity index (χ0) is 17.2. The number of imidazole rings is 1. The molecule has 0 radical (unpaired) electrons. The van der Waals surface area contributed by atoms with Crippen molar-refractivity contribution in [3.8, 4) is 0 Å². The minimum Gasteiger partial charge on any atom is -0.339 e. The highest BCUT2D eigenvalue weighted by Crippen LogP contribution is 2.30. The third-order valence-electron chi connectivity index (χ3n) is 4.37. The van der Waals surface area contributed by atoms with Crippen molar-refractivity contribution in [1.29, 1.82) is 0 Å². The van der Waals surface area contributed by atoms with Crippen molar-refractivity contribution in [2.75, 3.05) is 13.1 Å². The normalized spacial score (nSPS) is 16.4. The zero-order valence-electron chi connectivity index (χ0n) is 13.0. The molecule has 1 aliphatic heterocycles. The first kappa shape index (κ1) is 16.5. The number of amides is 1. The summed E-state index contributed by atoms with van der Waals surface area (Å²) in [6, 6.07) is 4.63. The molecular formula is C17H18F3N3O. The average molecular weight is 337 g/mol. The van der Waals surface area contributed by atoms with Gasteiger partial charge < -0.3 is 9.47 Å². The van der Waals surface area contributed by atoms with Crippen LogP contribution in [0.2, 0.25) is 0 Å². The maximum atomic E-state index is 12.8. The second kappa shape index (κ2) is 6.67. The molecule has 3 rings (SSSR count). The summed E-state index contributed by atoms with van der Waals surface area (Å²) < 4.78 is 40.3. The predicted molar refractivity (Wildman–Crippen MR) is 82.3 cm³/mol. The number of alkyl halides is 3. The standard InChI is InChI=1S/C17H18F3N3O/c18-17(19,20)15-3-1-2-14(10-15)16(24)23-7-4-13(5-8-23)11-22-9-6-21-12-22/h1-3,6,9-10,12-13H,4-5,7-8,11H2. The van der Waals surface area contributed by atoms with E-state index in [1.165, 1.54) is 12.1 Å². The van der Waals surface area contributed by atoms with Gasteiger partial charge in [-0.2, -0.15) is 13.2 Å². The number of likely N-dealkylation sites (tertiary alicyclic amines) is 1. The molecule has 0 unspecified atom stereocenters. The summed E-state index contributed by atoms with van der Waals surface area (Å²) in [7, 11) is 0. The van der Waals surface area contributed by atoms with Crippen LogP contribution in [-0.2, 0) is 12.7 Å². The molecule has 0 atom stereocenters. The van der Waals surface area contributed by atoms with Crippen LogP contribution in [0.5, 0.6) is 0 Å². The van der Waals surface area contributed by atoms with Crippen LogP contribution in [0.25, 0.3) is 0 Å². The van der Waals surface area contributed by atoms with Gasteiger partial charge in [-0.25, -0.2) is 4.98 Å². The molecule has 0 bridgehead atoms. The number of rotatable bonds is 3. The van der Waals surface area contributed by atoms with Gasteiger partial charge in [0.15, 0.2) is 0 Å². The Morgan fingerprint density at radius 1 is 1.25 bits per heavy atom. The molecule has 1 aromatic heterocycles. The molecule has 24 heavy (non-hydrogen) atoms. The fourth-order valence-electron chi connectivity index (χ4n) is 3.02. The van der Waals surface area contributed by atoms with Crippen LogP contribution in [0.1, 0.15) is 28.8 Å². The molecule has 128 valence electrons. The first-order valence-electron chi connectivity index (χ1n) is 7.86. The highest BCUT2D eigenvalue weighted by molar-refractivity contribution is 5.94. The summed E-state index contributed by atoms with van der Waals surface area (Å²) in [4.78, 5) is 18.1. The highest BCUT2D eigenvalue weighted by atomic mass is 19.4. The van der Waals surface area contributed by atoms with Crippen LogP contribution in [0.15, 0.2) is 43.0 Å². The molecule has 2 heterocycles. The molecule has 0 N–H and O–H groups in total. The Bertz CT molecular complexity index is 689. The Balaban J connectivity index is 1.61. The van der Waals surface area contributed by atoms with E-state index in [9.17, 15) is 18.0 Å². The van der Waals surface area contributed by atoms with Crippen LogP contribution in [0.3, 0.4) is 0 Å². The van der Waals surface area contributed by atoms with E-state index in [0.29, 0.717) is 19.0 Å². The summed E-state index contributed by atoms with van der Waals surface area (Å²) in [5.74, 6) is 0.118. The van der Waals surface area contributed by atoms with Crippen LogP contribution in [0.4, 0.5) is 13.2 Å². The van der Waals surface area contributed by atoms with Gasteiger partial charge in [-0.3, -0.25) is 4.79 Å². The minimum absolute atomic E-state index is 0.0953. The van der Waals surface area contributed by atoms with Crippen molar-refractivity contribution in [3.63, 3.8) is 0 Å². The molecule has 1 amide bonds. The lowest BCUT2D eigenvalue weighted by Crippen LogP contribution is -2.39. The Morgan fingerprint density at radius 3 is 2.62 bits per heavy atom. The van der Waals surface area contributed by atoms with Gasteiger partial charge >= 0.3 is 6.18 Å². The van der Waals surface area contributed by atoms with Crippen LogP contribution in [-0.4, -0.2) is 33.4 Å². The molecule has 4 nitrogen and oxygen atoms in total. The third kappa shape index (κ3) is 3.77. The lowest BCUT2D eigenvalue weighted by atomic mass is 9.96. The Morgan fingerprint density at radius 2 is 2.00 bits per heavy atom. The molecule has 0 aliphatic carbocycles. The number of hydrogen-bond acceptors (Lipinski definition) is 2. The van der Waals surface area contributed by atoms with Crippen LogP contribution < -0.4 is 0 Å². The topological polar surface area (TPSA) is 38.1 Å². The van der Waals surface area contributed by atoms with Gasteiger partial charge in [-0.1, -0.05) is 6.07 Å². The van der Waals surface area contributed by atoms with Crippen LogP contribution >= 0.6 is 0 Å². The Labute approximate surface area is 137 Å². The Kier molecular flexibility index (Phi) is 4.59. The number of nitrogens with zero attached hydrogens (tertiary/aromatic N) is 3. The SMILES string of the molecule is O=C(c1cccc(C(F)(F)F)c1)N1CCC(Cn2ccnc2)CC1. The zero-order valence-corrected chi connectivity index (χ0v) is 13.0. The van der Waals surface area contributed by atoms with E-state index in [1.807, 2.05) is 10.8 Å². The molecule has 1 aromatic carbocycles. The molecule has 7 heteroatoms. The smallest absolute Gasteiger partial charge is 0.339 e. The van der Waals surface area contributed by atoms with Gasteiger partial charge in [-0.05, 0) is 37.0 Å². The number of halogens is 3. The molecule has 1 fully saturated rings. The average Bonchev–Trinajstić information content (AvgIpc) is 3.07. The molecule has 1 aliphatic rings. The molecule has 0 saturated carbocycles. The van der Waals surface area contributed by atoms with E-state index < -0.39 is 11.7 Å². The van der Waals surface area contributed by atoms with Crippen molar-refractivity contribution >= 4 is 5.91 Å². The second-order valence-electron chi connectivity index (χ2n) is 6.07. The van der Waals surface area contributed by atoms with Crippen molar-refractivity contribution < 1.29 is 18.0 Å². The number of carbonyl (C=O) groups is 1. The van der Waals surface area contributed by atoms with Crippen molar-refractivity contribution in [1.82, 2.24) is 14.5 Å². The van der Waals surface area contributed by atoms with Gasteiger partial charge in [-0.15, -0.1) is 0 Å². The van der Waals surface area contributed by atoms with Gasteiger partial charge in [0.05, 0.1) is 11.9 Å². The third-order valence-corrected chi connectivity index (χ3v) is 4.37. The first-order chi connectivity index (χ1) is 11.4. The fourth-order valence-corrected chi connectivity index (χ4v) is 3.02. The monoisotopic (exact) mass is 337 g/mol. The van der Waals surface area contributed by atoms with Gasteiger partial charge in [0.2, 0.25) is 0 Å². The second-order valence-corrected chi connectivity index (χ2v) is 6.07. The summed E-state index contributed by atoms with van der Waals surface area (Å²) in [5.41, 5.74) is -0.693. The number of piperidine rings is 1. The number of benzene rings is 1. The quantitative estimate of drug-likeness (QED) is 0.860. The van der Waals surface area contributed by atoms with Crippen molar-refractivity contribution in [2.45, 2.75) is 25.6 Å². The van der Waals surface area contributed by atoms with Gasteiger partial charge in [0.1, 0.15) is 0 Å². The van der Waals surface area contributed by atoms with Crippen molar-refractivity contribution in [3.05, 3.63) is 54.1 Å². The molecular weight excluding hydrogens is 319 g/mol. The molecule has 1 saturated heterocycles.